The lowest BCUT2D eigenvalue weighted by Gasteiger charge is -2.17. The maximum atomic E-state index is 5.55. The molecular weight excluding hydrogens is 228 g/mol. The fraction of sp³-hybridized carbons (Fsp3) is 0.500. The standard InChI is InChI=1S/C14H20N2O2/c1-8-6-13(12(5)17-8)10(3)16-11(4)14-15-7-9(2)18-14/h6-7,10-11,16H,1-5H3. The quantitative estimate of drug-likeness (QED) is 0.898. The monoisotopic (exact) mass is 248 g/mol. The van der Waals surface area contributed by atoms with Gasteiger partial charge in [-0.1, -0.05) is 0 Å². The third-order valence-corrected chi connectivity index (χ3v) is 3.06. The Labute approximate surface area is 107 Å². The fourth-order valence-electron chi connectivity index (χ4n) is 2.19. The van der Waals surface area contributed by atoms with Crippen molar-refractivity contribution in [3.8, 4) is 0 Å². The van der Waals surface area contributed by atoms with Crippen LogP contribution in [0.25, 0.3) is 0 Å². The summed E-state index contributed by atoms with van der Waals surface area (Å²) in [5.74, 6) is 3.46. The minimum atomic E-state index is 0.0725. The van der Waals surface area contributed by atoms with Gasteiger partial charge in [0, 0.05) is 11.6 Å². The molecule has 1 N–H and O–H groups in total. The summed E-state index contributed by atoms with van der Waals surface area (Å²) in [4.78, 5) is 4.24. The lowest BCUT2D eigenvalue weighted by atomic mass is 10.1. The number of nitrogens with one attached hydrogen (secondary N) is 1. The smallest absolute Gasteiger partial charge is 0.211 e. The van der Waals surface area contributed by atoms with Gasteiger partial charge >= 0.3 is 0 Å². The van der Waals surface area contributed by atoms with Crippen LogP contribution in [0.2, 0.25) is 0 Å². The summed E-state index contributed by atoms with van der Waals surface area (Å²) in [6, 6.07) is 2.34. The molecule has 0 saturated heterocycles. The van der Waals surface area contributed by atoms with Crippen LogP contribution in [-0.4, -0.2) is 4.98 Å². The molecule has 0 bridgehead atoms. The third-order valence-electron chi connectivity index (χ3n) is 3.06. The van der Waals surface area contributed by atoms with Gasteiger partial charge in [0.2, 0.25) is 5.89 Å². The average molecular weight is 248 g/mol. The predicted molar refractivity (Wildman–Crippen MR) is 69.4 cm³/mol. The third kappa shape index (κ3) is 2.64. The SMILES string of the molecule is Cc1cnc(C(C)NC(C)c2cc(C)oc2C)o1. The first kappa shape index (κ1) is 12.9. The number of rotatable bonds is 4. The fourth-order valence-corrected chi connectivity index (χ4v) is 2.19. The second-order valence-electron chi connectivity index (χ2n) is 4.79. The second kappa shape index (κ2) is 4.98. The van der Waals surface area contributed by atoms with E-state index in [1.807, 2.05) is 27.7 Å². The first-order valence-corrected chi connectivity index (χ1v) is 6.22. The zero-order valence-electron chi connectivity index (χ0n) is 11.6. The molecule has 2 aromatic rings. The van der Waals surface area contributed by atoms with Gasteiger partial charge in [-0.15, -0.1) is 0 Å². The van der Waals surface area contributed by atoms with E-state index in [0.717, 1.165) is 23.2 Å². The van der Waals surface area contributed by atoms with E-state index in [1.54, 1.807) is 6.20 Å². The largest absolute Gasteiger partial charge is 0.466 e. The van der Waals surface area contributed by atoms with Gasteiger partial charge in [0.15, 0.2) is 0 Å². The van der Waals surface area contributed by atoms with Gasteiger partial charge in [-0.25, -0.2) is 4.98 Å². The first-order valence-electron chi connectivity index (χ1n) is 6.22. The van der Waals surface area contributed by atoms with Crippen LogP contribution < -0.4 is 5.32 Å². The second-order valence-corrected chi connectivity index (χ2v) is 4.79. The van der Waals surface area contributed by atoms with Crippen molar-refractivity contribution < 1.29 is 8.83 Å². The molecule has 2 atom stereocenters. The molecule has 0 amide bonds. The Morgan fingerprint density at radius 3 is 2.28 bits per heavy atom. The minimum Gasteiger partial charge on any atom is -0.466 e. The van der Waals surface area contributed by atoms with Crippen LogP contribution in [0.15, 0.2) is 21.1 Å². The van der Waals surface area contributed by atoms with Crippen LogP contribution in [0.4, 0.5) is 0 Å². The molecule has 2 rings (SSSR count). The van der Waals surface area contributed by atoms with Crippen molar-refractivity contribution in [1.82, 2.24) is 10.3 Å². The van der Waals surface area contributed by atoms with Gasteiger partial charge in [0.1, 0.15) is 17.3 Å². The van der Waals surface area contributed by atoms with Gasteiger partial charge in [-0.3, -0.25) is 5.32 Å². The molecule has 0 fully saturated rings. The summed E-state index contributed by atoms with van der Waals surface area (Å²) in [6.45, 7) is 10.0. The number of oxazole rings is 1. The molecule has 4 nitrogen and oxygen atoms in total. The minimum absolute atomic E-state index is 0.0725. The van der Waals surface area contributed by atoms with E-state index in [4.69, 9.17) is 8.83 Å². The van der Waals surface area contributed by atoms with Crippen LogP contribution in [-0.2, 0) is 0 Å². The Kier molecular flexibility index (Phi) is 3.57. The molecule has 2 heterocycles. The van der Waals surface area contributed by atoms with Crippen LogP contribution in [0, 0.1) is 20.8 Å². The van der Waals surface area contributed by atoms with Crippen molar-refractivity contribution in [2.75, 3.05) is 0 Å². The highest BCUT2D eigenvalue weighted by Gasteiger charge is 2.18. The normalized spacial score (nSPS) is 14.7. The highest BCUT2D eigenvalue weighted by molar-refractivity contribution is 5.23. The number of aryl methyl sites for hydroxylation is 3. The molecule has 2 aromatic heterocycles. The van der Waals surface area contributed by atoms with Crippen molar-refractivity contribution in [1.29, 1.82) is 0 Å². The number of aromatic nitrogens is 1. The Hall–Kier alpha value is -1.55. The first-order chi connectivity index (χ1) is 8.47. The number of hydrogen-bond donors (Lipinski definition) is 1. The Bertz CT molecular complexity index is 528. The Morgan fingerprint density at radius 1 is 1.06 bits per heavy atom. The van der Waals surface area contributed by atoms with Gasteiger partial charge < -0.3 is 8.83 Å². The van der Waals surface area contributed by atoms with Crippen molar-refractivity contribution in [3.05, 3.63) is 41.0 Å². The lowest BCUT2D eigenvalue weighted by Crippen LogP contribution is -2.22. The summed E-state index contributed by atoms with van der Waals surface area (Å²) < 4.78 is 11.1. The molecule has 0 saturated carbocycles. The van der Waals surface area contributed by atoms with Crippen LogP contribution in [0.3, 0.4) is 0 Å². The van der Waals surface area contributed by atoms with Crippen LogP contribution in [0.1, 0.15) is 54.7 Å². The van der Waals surface area contributed by atoms with Crippen LogP contribution >= 0.6 is 0 Å². The van der Waals surface area contributed by atoms with Gasteiger partial charge in [-0.05, 0) is 40.7 Å². The van der Waals surface area contributed by atoms with E-state index in [0.29, 0.717) is 0 Å². The van der Waals surface area contributed by atoms with Crippen molar-refractivity contribution in [2.45, 2.75) is 46.7 Å². The van der Waals surface area contributed by atoms with E-state index >= 15 is 0 Å². The molecule has 0 aliphatic carbocycles. The lowest BCUT2D eigenvalue weighted by molar-refractivity contribution is 0.378. The maximum Gasteiger partial charge on any atom is 0.211 e. The van der Waals surface area contributed by atoms with Crippen molar-refractivity contribution in [3.63, 3.8) is 0 Å². The highest BCUT2D eigenvalue weighted by atomic mass is 16.4. The molecule has 4 heteroatoms. The molecule has 0 spiro atoms. The van der Waals surface area contributed by atoms with Gasteiger partial charge in [0.05, 0.1) is 12.2 Å². The van der Waals surface area contributed by atoms with Gasteiger partial charge in [0.25, 0.3) is 0 Å². The van der Waals surface area contributed by atoms with Crippen LogP contribution in [0.5, 0.6) is 0 Å². The molecule has 0 aliphatic rings. The number of hydrogen-bond acceptors (Lipinski definition) is 4. The highest BCUT2D eigenvalue weighted by Crippen LogP contribution is 2.24. The van der Waals surface area contributed by atoms with E-state index < -0.39 is 0 Å². The van der Waals surface area contributed by atoms with Gasteiger partial charge in [-0.2, -0.15) is 0 Å². The molecular formula is C14H20N2O2. The number of furan rings is 1. The molecule has 0 aromatic carbocycles. The maximum absolute atomic E-state index is 5.55. The topological polar surface area (TPSA) is 51.2 Å². The molecule has 2 unspecified atom stereocenters. The molecule has 18 heavy (non-hydrogen) atoms. The Balaban J connectivity index is 2.07. The molecule has 98 valence electrons. The van der Waals surface area contributed by atoms with E-state index in [9.17, 15) is 0 Å². The summed E-state index contributed by atoms with van der Waals surface area (Å²) in [5.41, 5.74) is 1.18. The van der Waals surface area contributed by atoms with E-state index in [2.05, 4.69) is 23.3 Å². The number of nitrogens with zero attached hydrogens (tertiary/aromatic N) is 1. The zero-order valence-corrected chi connectivity index (χ0v) is 11.6. The molecule has 0 aliphatic heterocycles. The molecule has 0 radical (unpaired) electrons. The van der Waals surface area contributed by atoms with Crippen molar-refractivity contribution in [2.24, 2.45) is 0 Å². The predicted octanol–water partition coefficient (Wildman–Crippen LogP) is 3.60. The van der Waals surface area contributed by atoms with E-state index in [1.165, 1.54) is 5.56 Å². The summed E-state index contributed by atoms with van der Waals surface area (Å²) in [5, 5.41) is 3.46. The van der Waals surface area contributed by atoms with E-state index in [-0.39, 0.29) is 12.1 Å². The van der Waals surface area contributed by atoms with Crippen molar-refractivity contribution >= 4 is 0 Å². The summed E-state index contributed by atoms with van der Waals surface area (Å²) >= 11 is 0. The zero-order chi connectivity index (χ0) is 13.3. The summed E-state index contributed by atoms with van der Waals surface area (Å²) in [6.07, 6.45) is 1.74. The Morgan fingerprint density at radius 2 is 1.78 bits per heavy atom. The average Bonchev–Trinajstić information content (AvgIpc) is 2.84. The summed E-state index contributed by atoms with van der Waals surface area (Å²) in [7, 11) is 0.